The van der Waals surface area contributed by atoms with Crippen LogP contribution in [0, 0.1) is 13.8 Å². The SMILES string of the molecule is Cc1ocnc1C(=O)N[C@@H]1CCC[C@@H](NC(=O)c2cn3cccc(C)c3n2)C1. The Labute approximate surface area is 162 Å². The van der Waals surface area contributed by atoms with Gasteiger partial charge in [-0.05, 0) is 51.2 Å². The van der Waals surface area contributed by atoms with Crippen LogP contribution >= 0.6 is 0 Å². The van der Waals surface area contributed by atoms with Crippen LogP contribution < -0.4 is 10.6 Å². The van der Waals surface area contributed by atoms with E-state index in [1.807, 2.05) is 29.7 Å². The van der Waals surface area contributed by atoms with Gasteiger partial charge in [0.2, 0.25) is 0 Å². The minimum atomic E-state index is -0.237. The van der Waals surface area contributed by atoms with Gasteiger partial charge in [-0.3, -0.25) is 9.59 Å². The monoisotopic (exact) mass is 381 g/mol. The molecule has 1 saturated carbocycles. The summed E-state index contributed by atoms with van der Waals surface area (Å²) in [6.07, 6.45) is 8.26. The van der Waals surface area contributed by atoms with Crippen LogP contribution in [0.25, 0.3) is 5.65 Å². The molecule has 0 spiro atoms. The van der Waals surface area contributed by atoms with Gasteiger partial charge in [-0.25, -0.2) is 9.97 Å². The summed E-state index contributed by atoms with van der Waals surface area (Å²) >= 11 is 0. The number of amides is 2. The first-order chi connectivity index (χ1) is 13.5. The van der Waals surface area contributed by atoms with Crippen LogP contribution in [0.2, 0.25) is 0 Å². The highest BCUT2D eigenvalue weighted by atomic mass is 16.3. The molecule has 8 nitrogen and oxygen atoms in total. The van der Waals surface area contributed by atoms with Crippen molar-refractivity contribution in [2.75, 3.05) is 0 Å². The first kappa shape index (κ1) is 18.2. The lowest BCUT2D eigenvalue weighted by Gasteiger charge is -2.30. The molecule has 2 N–H and O–H groups in total. The Hall–Kier alpha value is -3.16. The molecule has 0 unspecified atom stereocenters. The molecule has 1 fully saturated rings. The summed E-state index contributed by atoms with van der Waals surface area (Å²) in [5, 5.41) is 6.07. The summed E-state index contributed by atoms with van der Waals surface area (Å²) in [4.78, 5) is 33.4. The maximum Gasteiger partial charge on any atom is 0.273 e. The average molecular weight is 381 g/mol. The van der Waals surface area contributed by atoms with Crippen molar-refractivity contribution in [3.63, 3.8) is 0 Å². The van der Waals surface area contributed by atoms with Crippen LogP contribution in [-0.4, -0.2) is 38.3 Å². The molecule has 1 aliphatic rings. The van der Waals surface area contributed by atoms with E-state index < -0.39 is 0 Å². The highest BCUT2D eigenvalue weighted by molar-refractivity contribution is 5.94. The van der Waals surface area contributed by atoms with Gasteiger partial charge in [-0.1, -0.05) is 6.07 Å². The van der Waals surface area contributed by atoms with Crippen molar-refractivity contribution in [2.24, 2.45) is 0 Å². The number of nitrogens with zero attached hydrogens (tertiary/aromatic N) is 3. The van der Waals surface area contributed by atoms with Gasteiger partial charge in [0.05, 0.1) is 0 Å². The number of hydrogen-bond donors (Lipinski definition) is 2. The number of aromatic nitrogens is 3. The molecule has 0 saturated heterocycles. The van der Waals surface area contributed by atoms with Gasteiger partial charge < -0.3 is 19.5 Å². The molecule has 8 heteroatoms. The van der Waals surface area contributed by atoms with Crippen LogP contribution in [0.4, 0.5) is 0 Å². The lowest BCUT2D eigenvalue weighted by Crippen LogP contribution is -2.46. The van der Waals surface area contributed by atoms with Crippen LogP contribution in [0.5, 0.6) is 0 Å². The third-order valence-corrected chi connectivity index (χ3v) is 5.22. The van der Waals surface area contributed by atoms with Crippen LogP contribution in [0.1, 0.15) is 58.0 Å². The van der Waals surface area contributed by atoms with Crippen molar-refractivity contribution in [3.05, 3.63) is 53.6 Å². The molecule has 3 aromatic rings. The number of pyridine rings is 1. The fraction of sp³-hybridized carbons (Fsp3) is 0.400. The molecule has 28 heavy (non-hydrogen) atoms. The molecule has 0 aromatic carbocycles. The molecule has 0 aliphatic heterocycles. The summed E-state index contributed by atoms with van der Waals surface area (Å²) < 4.78 is 6.95. The summed E-state index contributed by atoms with van der Waals surface area (Å²) in [5.41, 5.74) is 2.51. The van der Waals surface area contributed by atoms with Crippen LogP contribution in [0.15, 0.2) is 35.3 Å². The number of fused-ring (bicyclic) bond motifs is 1. The standard InChI is InChI=1S/C20H23N5O3/c1-12-5-4-8-25-10-16(24-18(12)25)19(26)22-14-6-3-7-15(9-14)23-20(27)17-13(2)28-11-21-17/h4-5,8,10-11,14-15H,3,6-7,9H2,1-2H3,(H,22,26)(H,23,27)/t14-,15-/m1/s1. The number of aryl methyl sites for hydroxylation is 2. The zero-order valence-electron chi connectivity index (χ0n) is 15.9. The molecule has 3 aromatic heterocycles. The predicted molar refractivity (Wildman–Crippen MR) is 102 cm³/mol. The van der Waals surface area contributed by atoms with Crippen molar-refractivity contribution in [2.45, 2.75) is 51.6 Å². The van der Waals surface area contributed by atoms with Gasteiger partial charge in [0.1, 0.15) is 17.1 Å². The van der Waals surface area contributed by atoms with Gasteiger partial charge in [0, 0.05) is 24.5 Å². The highest BCUT2D eigenvalue weighted by Gasteiger charge is 2.27. The number of carbonyl (C=O) groups excluding carboxylic acids is 2. The first-order valence-electron chi connectivity index (χ1n) is 9.47. The van der Waals surface area contributed by atoms with Crippen molar-refractivity contribution in [3.8, 4) is 0 Å². The largest absolute Gasteiger partial charge is 0.448 e. The number of rotatable bonds is 4. The summed E-state index contributed by atoms with van der Waals surface area (Å²) in [7, 11) is 0. The Morgan fingerprint density at radius 1 is 1.18 bits per heavy atom. The number of oxazole rings is 1. The van der Waals surface area contributed by atoms with Crippen molar-refractivity contribution >= 4 is 17.5 Å². The molecule has 146 valence electrons. The van der Waals surface area contributed by atoms with E-state index in [-0.39, 0.29) is 23.9 Å². The maximum absolute atomic E-state index is 12.7. The molecule has 2 atom stereocenters. The Morgan fingerprint density at radius 3 is 2.61 bits per heavy atom. The summed E-state index contributed by atoms with van der Waals surface area (Å²) in [5.74, 6) is 0.0757. The zero-order valence-corrected chi connectivity index (χ0v) is 15.9. The number of nitrogens with one attached hydrogen (secondary N) is 2. The van der Waals surface area contributed by atoms with E-state index in [0.717, 1.165) is 30.5 Å². The smallest absolute Gasteiger partial charge is 0.273 e. The van der Waals surface area contributed by atoms with Gasteiger partial charge in [-0.15, -0.1) is 0 Å². The van der Waals surface area contributed by atoms with Gasteiger partial charge >= 0.3 is 0 Å². The van der Waals surface area contributed by atoms with Crippen molar-refractivity contribution in [1.29, 1.82) is 0 Å². The highest BCUT2D eigenvalue weighted by Crippen LogP contribution is 2.20. The second kappa shape index (κ2) is 7.46. The topological polar surface area (TPSA) is 102 Å². The Bertz CT molecular complexity index is 1020. The molecule has 3 heterocycles. The molecule has 0 bridgehead atoms. The summed E-state index contributed by atoms with van der Waals surface area (Å²) in [6.45, 7) is 3.68. The third kappa shape index (κ3) is 3.62. The van der Waals surface area contributed by atoms with Gasteiger partial charge in [0.25, 0.3) is 11.8 Å². The third-order valence-electron chi connectivity index (χ3n) is 5.22. The predicted octanol–water partition coefficient (Wildman–Crippen LogP) is 2.41. The lowest BCUT2D eigenvalue weighted by molar-refractivity contribution is 0.0897. The quantitative estimate of drug-likeness (QED) is 0.723. The minimum Gasteiger partial charge on any atom is -0.448 e. The minimum absolute atomic E-state index is 0.00383. The fourth-order valence-electron chi connectivity index (χ4n) is 3.75. The Morgan fingerprint density at radius 2 is 1.93 bits per heavy atom. The van der Waals surface area contributed by atoms with E-state index in [1.54, 1.807) is 13.1 Å². The van der Waals surface area contributed by atoms with E-state index in [9.17, 15) is 9.59 Å². The molecule has 1 aliphatic carbocycles. The normalized spacial score (nSPS) is 19.5. The number of hydrogen-bond acceptors (Lipinski definition) is 5. The Kier molecular flexibility index (Phi) is 4.85. The van der Waals surface area contributed by atoms with E-state index >= 15 is 0 Å². The fourth-order valence-corrected chi connectivity index (χ4v) is 3.75. The average Bonchev–Trinajstić information content (AvgIpc) is 3.29. The van der Waals surface area contributed by atoms with Crippen LogP contribution in [-0.2, 0) is 0 Å². The molecule has 2 amide bonds. The summed E-state index contributed by atoms with van der Waals surface area (Å²) in [6, 6.07) is 3.88. The number of carbonyl (C=O) groups is 2. The molecule has 4 rings (SSSR count). The van der Waals surface area contributed by atoms with Crippen LogP contribution in [0.3, 0.4) is 0 Å². The molecular weight excluding hydrogens is 358 g/mol. The number of imidazole rings is 1. The zero-order chi connectivity index (χ0) is 19.7. The van der Waals surface area contributed by atoms with E-state index in [1.165, 1.54) is 6.39 Å². The molecule has 0 radical (unpaired) electrons. The molecular formula is C20H23N5O3. The van der Waals surface area contributed by atoms with E-state index in [4.69, 9.17) is 4.42 Å². The van der Waals surface area contributed by atoms with E-state index in [2.05, 4.69) is 20.6 Å². The lowest BCUT2D eigenvalue weighted by atomic mass is 9.90. The van der Waals surface area contributed by atoms with Gasteiger partial charge in [0.15, 0.2) is 12.1 Å². The van der Waals surface area contributed by atoms with Crippen molar-refractivity contribution < 1.29 is 14.0 Å². The Balaban J connectivity index is 1.39. The van der Waals surface area contributed by atoms with Crippen molar-refractivity contribution in [1.82, 2.24) is 25.0 Å². The van der Waals surface area contributed by atoms with Gasteiger partial charge in [-0.2, -0.15) is 0 Å². The van der Waals surface area contributed by atoms with E-state index in [0.29, 0.717) is 23.6 Å². The second-order valence-electron chi connectivity index (χ2n) is 7.31. The second-order valence-corrected chi connectivity index (χ2v) is 7.31. The maximum atomic E-state index is 12.7. The first-order valence-corrected chi connectivity index (χ1v) is 9.47.